The molecule has 0 spiro atoms. The molecule has 2 saturated heterocycles. The third kappa shape index (κ3) is 4.93. The fourth-order valence-electron chi connectivity index (χ4n) is 4.62. The number of hydrogen-bond acceptors (Lipinski definition) is 5. The van der Waals surface area contributed by atoms with Gasteiger partial charge in [0.25, 0.3) is 0 Å². The lowest BCUT2D eigenvalue weighted by molar-refractivity contribution is -0.142. The minimum Gasteiger partial charge on any atom is -0.343 e. The summed E-state index contributed by atoms with van der Waals surface area (Å²) in [4.78, 5) is 57.5. The molecule has 0 aliphatic carbocycles. The molecule has 9 heteroatoms. The average molecular weight is 442 g/mol. The van der Waals surface area contributed by atoms with Crippen LogP contribution < -0.4 is 10.2 Å². The van der Waals surface area contributed by atoms with Gasteiger partial charge in [-0.05, 0) is 32.0 Å². The number of hydrogen-bond donors (Lipinski definition) is 1. The van der Waals surface area contributed by atoms with Crippen LogP contribution in [-0.2, 0) is 19.2 Å². The van der Waals surface area contributed by atoms with Crippen molar-refractivity contribution in [1.82, 2.24) is 14.7 Å². The fourth-order valence-corrected chi connectivity index (χ4v) is 4.62. The number of amides is 4. The minimum atomic E-state index is -0.240. The molecule has 1 aromatic rings. The quantitative estimate of drug-likeness (QED) is 0.745. The minimum absolute atomic E-state index is 0.0209. The second kappa shape index (κ2) is 9.68. The van der Waals surface area contributed by atoms with Crippen molar-refractivity contribution in [2.45, 2.75) is 25.7 Å². The highest BCUT2D eigenvalue weighted by molar-refractivity contribution is 6.10. The van der Waals surface area contributed by atoms with Crippen LogP contribution in [0.4, 0.5) is 11.4 Å². The number of fused-ring (bicyclic) bond motifs is 1. The Bertz CT molecular complexity index is 888. The summed E-state index contributed by atoms with van der Waals surface area (Å²) in [5.74, 6) is -0.357. The molecule has 172 valence electrons. The first kappa shape index (κ1) is 22.3. The van der Waals surface area contributed by atoms with E-state index in [4.69, 9.17) is 0 Å². The van der Waals surface area contributed by atoms with Crippen LogP contribution in [0.25, 0.3) is 0 Å². The maximum Gasteiger partial charge on any atom is 0.244 e. The number of nitrogens with zero attached hydrogens (tertiary/aromatic N) is 4. The molecular formula is C23H31N5O4. The van der Waals surface area contributed by atoms with Crippen molar-refractivity contribution >= 4 is 35.0 Å². The zero-order valence-corrected chi connectivity index (χ0v) is 18.6. The van der Waals surface area contributed by atoms with Crippen LogP contribution in [-0.4, -0.2) is 91.2 Å². The Kier molecular flexibility index (Phi) is 6.74. The molecule has 1 aromatic carbocycles. The predicted molar refractivity (Wildman–Crippen MR) is 120 cm³/mol. The molecule has 0 radical (unpaired) electrons. The Morgan fingerprint density at radius 2 is 1.56 bits per heavy atom. The van der Waals surface area contributed by atoms with Crippen molar-refractivity contribution in [3.05, 3.63) is 24.3 Å². The van der Waals surface area contributed by atoms with Crippen LogP contribution in [0.3, 0.4) is 0 Å². The van der Waals surface area contributed by atoms with Crippen LogP contribution in [0.5, 0.6) is 0 Å². The first-order valence-electron chi connectivity index (χ1n) is 11.4. The Balaban J connectivity index is 1.25. The van der Waals surface area contributed by atoms with Crippen LogP contribution in [0.15, 0.2) is 24.3 Å². The number of carbonyl (C=O) groups excluding carboxylic acids is 4. The third-order valence-electron chi connectivity index (χ3n) is 6.64. The highest BCUT2D eigenvalue weighted by Crippen LogP contribution is 2.29. The number of benzene rings is 1. The number of piperazine rings is 1. The number of rotatable bonds is 4. The van der Waals surface area contributed by atoms with E-state index in [0.29, 0.717) is 37.3 Å². The highest BCUT2D eigenvalue weighted by Gasteiger charge is 2.32. The largest absolute Gasteiger partial charge is 0.343 e. The summed E-state index contributed by atoms with van der Waals surface area (Å²) < 4.78 is 0. The first-order chi connectivity index (χ1) is 15.4. The fraction of sp³-hybridized carbons (Fsp3) is 0.565. The van der Waals surface area contributed by atoms with Gasteiger partial charge in [-0.3, -0.25) is 19.2 Å². The van der Waals surface area contributed by atoms with E-state index in [2.05, 4.69) is 17.3 Å². The van der Waals surface area contributed by atoms with Crippen molar-refractivity contribution in [2.24, 2.45) is 5.92 Å². The molecule has 1 N–H and O–H groups in total. The maximum atomic E-state index is 12.8. The van der Waals surface area contributed by atoms with E-state index in [-0.39, 0.29) is 48.9 Å². The highest BCUT2D eigenvalue weighted by atomic mass is 16.2. The van der Waals surface area contributed by atoms with E-state index < -0.39 is 0 Å². The van der Waals surface area contributed by atoms with E-state index in [0.717, 1.165) is 26.2 Å². The lowest BCUT2D eigenvalue weighted by atomic mass is 9.94. The second-order valence-corrected chi connectivity index (χ2v) is 8.83. The molecule has 0 saturated carbocycles. The van der Waals surface area contributed by atoms with Gasteiger partial charge in [0.15, 0.2) is 0 Å². The van der Waals surface area contributed by atoms with Crippen LogP contribution >= 0.6 is 0 Å². The summed E-state index contributed by atoms with van der Waals surface area (Å²) in [6, 6.07) is 7.16. The van der Waals surface area contributed by atoms with Crippen molar-refractivity contribution in [1.29, 1.82) is 0 Å². The molecule has 9 nitrogen and oxygen atoms in total. The molecule has 0 unspecified atom stereocenters. The van der Waals surface area contributed by atoms with Crippen molar-refractivity contribution < 1.29 is 19.2 Å². The predicted octanol–water partition coefficient (Wildman–Crippen LogP) is 0.765. The monoisotopic (exact) mass is 441 g/mol. The number of carbonyl (C=O) groups is 4. The molecule has 3 aliphatic rings. The lowest BCUT2D eigenvalue weighted by Crippen LogP contribution is -2.51. The number of para-hydroxylation sites is 2. The summed E-state index contributed by atoms with van der Waals surface area (Å²) in [6.07, 6.45) is 1.51. The number of anilines is 2. The standard InChI is InChI=1S/C23H31N5O4/c1-25-12-14-27(15-13-25)23(32)17-8-10-26(11-9-17)21(30)6-7-22(31)28-16-20(29)24-18-4-2-3-5-19(18)28/h2-5,17H,6-16H2,1H3,(H,24,29). The van der Waals surface area contributed by atoms with Gasteiger partial charge >= 0.3 is 0 Å². The van der Waals surface area contributed by atoms with Gasteiger partial charge in [0.05, 0.1) is 11.4 Å². The number of likely N-dealkylation sites (tertiary alicyclic amines) is 1. The normalized spacial score (nSPS) is 20.0. The molecule has 0 aromatic heterocycles. The summed E-state index contributed by atoms with van der Waals surface area (Å²) >= 11 is 0. The Morgan fingerprint density at radius 3 is 2.28 bits per heavy atom. The number of likely N-dealkylation sites (N-methyl/N-ethyl adjacent to an activating group) is 1. The molecule has 4 amide bonds. The van der Waals surface area contributed by atoms with Crippen molar-refractivity contribution in [3.63, 3.8) is 0 Å². The smallest absolute Gasteiger partial charge is 0.244 e. The summed E-state index contributed by atoms with van der Waals surface area (Å²) in [5, 5.41) is 2.76. The zero-order chi connectivity index (χ0) is 22.7. The molecule has 4 rings (SSSR count). The number of piperidine rings is 1. The van der Waals surface area contributed by atoms with E-state index in [9.17, 15) is 19.2 Å². The molecular weight excluding hydrogens is 410 g/mol. The van der Waals surface area contributed by atoms with Gasteiger partial charge in [-0.25, -0.2) is 0 Å². The van der Waals surface area contributed by atoms with E-state index >= 15 is 0 Å². The van der Waals surface area contributed by atoms with Gasteiger partial charge in [-0.1, -0.05) is 12.1 Å². The Hall–Kier alpha value is -2.94. The molecule has 0 atom stereocenters. The van der Waals surface area contributed by atoms with Crippen LogP contribution in [0.1, 0.15) is 25.7 Å². The molecule has 3 aliphatic heterocycles. The van der Waals surface area contributed by atoms with Gasteiger partial charge in [0.2, 0.25) is 23.6 Å². The van der Waals surface area contributed by atoms with Gasteiger partial charge in [0.1, 0.15) is 6.54 Å². The summed E-state index contributed by atoms with van der Waals surface area (Å²) in [7, 11) is 2.06. The van der Waals surface area contributed by atoms with Crippen molar-refractivity contribution in [2.75, 3.05) is 63.1 Å². The van der Waals surface area contributed by atoms with E-state index in [1.54, 1.807) is 23.1 Å². The molecule has 3 heterocycles. The van der Waals surface area contributed by atoms with Crippen LogP contribution in [0, 0.1) is 5.92 Å². The average Bonchev–Trinajstić information content (AvgIpc) is 2.82. The second-order valence-electron chi connectivity index (χ2n) is 8.83. The van der Waals surface area contributed by atoms with Gasteiger partial charge in [0, 0.05) is 58.0 Å². The topological polar surface area (TPSA) is 93.3 Å². The van der Waals surface area contributed by atoms with Gasteiger partial charge in [-0.15, -0.1) is 0 Å². The zero-order valence-electron chi connectivity index (χ0n) is 18.6. The molecule has 2 fully saturated rings. The van der Waals surface area contributed by atoms with Crippen molar-refractivity contribution in [3.8, 4) is 0 Å². The third-order valence-corrected chi connectivity index (χ3v) is 6.64. The Labute approximate surface area is 188 Å². The van der Waals surface area contributed by atoms with Crippen LogP contribution in [0.2, 0.25) is 0 Å². The lowest BCUT2D eigenvalue weighted by Gasteiger charge is -2.37. The molecule has 32 heavy (non-hydrogen) atoms. The Morgan fingerprint density at radius 1 is 0.906 bits per heavy atom. The maximum absolute atomic E-state index is 12.8. The van der Waals surface area contributed by atoms with Gasteiger partial charge < -0.3 is 24.9 Å². The summed E-state index contributed by atoms with van der Waals surface area (Å²) in [6.45, 7) is 4.41. The summed E-state index contributed by atoms with van der Waals surface area (Å²) in [5.41, 5.74) is 1.27. The first-order valence-corrected chi connectivity index (χ1v) is 11.4. The van der Waals surface area contributed by atoms with E-state index in [1.807, 2.05) is 11.0 Å². The van der Waals surface area contributed by atoms with Gasteiger partial charge in [-0.2, -0.15) is 0 Å². The SMILES string of the molecule is CN1CCN(C(=O)C2CCN(C(=O)CCC(=O)N3CC(=O)Nc4ccccc43)CC2)CC1. The van der Waals surface area contributed by atoms with E-state index in [1.165, 1.54) is 4.90 Å². The molecule has 0 bridgehead atoms. The number of nitrogens with one attached hydrogen (secondary N) is 1.